The molecule has 3 N–H and O–H groups in total. The maximum absolute atomic E-state index is 11.5. The maximum Gasteiger partial charge on any atom is 0.240 e. The standard InChI is InChI=1S/C21H25N5O/c1-3-15-14-19(27)25-26-20(15)16-10-12-18(13-11-16)24-21(22-4-2)23-17-8-6-5-7-9-17/h5-13,15H,3-4,14H2,1-2H3,(H,25,27)(H2,22,23,24). The third-order valence-electron chi connectivity index (χ3n) is 4.41. The van der Waals surface area contributed by atoms with Gasteiger partial charge >= 0.3 is 0 Å². The second-order valence-corrected chi connectivity index (χ2v) is 6.36. The van der Waals surface area contributed by atoms with Crippen molar-refractivity contribution in [1.82, 2.24) is 5.43 Å². The van der Waals surface area contributed by atoms with Gasteiger partial charge in [-0.25, -0.2) is 5.43 Å². The quantitative estimate of drug-likeness (QED) is 0.558. The Morgan fingerprint density at radius 3 is 2.37 bits per heavy atom. The number of hydrogen-bond acceptors (Lipinski definition) is 3. The highest BCUT2D eigenvalue weighted by molar-refractivity contribution is 6.07. The van der Waals surface area contributed by atoms with Crippen molar-refractivity contribution in [2.45, 2.75) is 26.7 Å². The monoisotopic (exact) mass is 363 g/mol. The van der Waals surface area contributed by atoms with Crippen molar-refractivity contribution in [3.05, 3.63) is 60.2 Å². The minimum atomic E-state index is -0.0173. The molecular formula is C21H25N5O. The molecule has 0 bridgehead atoms. The molecule has 0 fully saturated rings. The number of nitrogens with one attached hydrogen (secondary N) is 3. The van der Waals surface area contributed by atoms with Gasteiger partial charge in [0.25, 0.3) is 0 Å². The van der Waals surface area contributed by atoms with Crippen LogP contribution in [0.4, 0.5) is 11.4 Å². The van der Waals surface area contributed by atoms with Crippen LogP contribution in [-0.4, -0.2) is 24.1 Å². The fraction of sp³-hybridized carbons (Fsp3) is 0.286. The lowest BCUT2D eigenvalue weighted by molar-refractivity contribution is -0.122. The highest BCUT2D eigenvalue weighted by Gasteiger charge is 2.23. The van der Waals surface area contributed by atoms with E-state index in [1.165, 1.54) is 0 Å². The number of guanidine groups is 1. The van der Waals surface area contributed by atoms with Crippen LogP contribution in [0.3, 0.4) is 0 Å². The Morgan fingerprint density at radius 2 is 1.74 bits per heavy atom. The molecule has 6 heteroatoms. The van der Waals surface area contributed by atoms with E-state index < -0.39 is 0 Å². The Kier molecular flexibility index (Phi) is 6.20. The number of rotatable bonds is 5. The number of anilines is 2. The van der Waals surface area contributed by atoms with Crippen molar-refractivity contribution in [3.8, 4) is 0 Å². The zero-order chi connectivity index (χ0) is 19.1. The zero-order valence-electron chi connectivity index (χ0n) is 15.7. The SMILES string of the molecule is CCN=C(Nc1ccccc1)Nc1ccc(C2=NNC(=O)CC2CC)cc1. The van der Waals surface area contributed by atoms with Crippen molar-refractivity contribution in [2.75, 3.05) is 17.2 Å². The minimum absolute atomic E-state index is 0.0173. The molecule has 1 aliphatic rings. The van der Waals surface area contributed by atoms with E-state index in [1.807, 2.05) is 61.5 Å². The van der Waals surface area contributed by atoms with Crippen LogP contribution >= 0.6 is 0 Å². The summed E-state index contributed by atoms with van der Waals surface area (Å²) in [4.78, 5) is 16.0. The first-order valence-corrected chi connectivity index (χ1v) is 9.30. The summed E-state index contributed by atoms with van der Waals surface area (Å²) in [5.41, 5.74) is 6.47. The molecule has 140 valence electrons. The van der Waals surface area contributed by atoms with Crippen molar-refractivity contribution < 1.29 is 4.79 Å². The van der Waals surface area contributed by atoms with E-state index in [2.05, 4.69) is 33.1 Å². The smallest absolute Gasteiger partial charge is 0.240 e. The molecule has 0 radical (unpaired) electrons. The molecular weight excluding hydrogens is 338 g/mol. The van der Waals surface area contributed by atoms with Crippen LogP contribution in [0.1, 0.15) is 32.3 Å². The van der Waals surface area contributed by atoms with Crippen LogP contribution in [0.25, 0.3) is 0 Å². The summed E-state index contributed by atoms with van der Waals surface area (Å²) in [7, 11) is 0. The number of hydrazone groups is 1. The molecule has 2 aromatic rings. The molecule has 1 atom stereocenters. The fourth-order valence-corrected chi connectivity index (χ4v) is 3.01. The molecule has 0 saturated carbocycles. The molecule has 2 aromatic carbocycles. The largest absolute Gasteiger partial charge is 0.326 e. The van der Waals surface area contributed by atoms with Crippen LogP contribution in [0.2, 0.25) is 0 Å². The minimum Gasteiger partial charge on any atom is -0.326 e. The van der Waals surface area contributed by atoms with E-state index in [0.717, 1.165) is 29.1 Å². The number of para-hydroxylation sites is 1. The Balaban J connectivity index is 1.72. The summed E-state index contributed by atoms with van der Waals surface area (Å²) in [5.74, 6) is 0.843. The number of nitrogens with zero attached hydrogens (tertiary/aromatic N) is 2. The van der Waals surface area contributed by atoms with Crippen molar-refractivity contribution >= 4 is 29.0 Å². The summed E-state index contributed by atoms with van der Waals surface area (Å²) < 4.78 is 0. The normalized spacial score (nSPS) is 17.1. The Hall–Kier alpha value is -3.15. The molecule has 6 nitrogen and oxygen atoms in total. The summed E-state index contributed by atoms with van der Waals surface area (Å²) in [6.45, 7) is 4.75. The van der Waals surface area contributed by atoms with Crippen molar-refractivity contribution in [2.24, 2.45) is 16.0 Å². The van der Waals surface area contributed by atoms with Gasteiger partial charge in [-0.1, -0.05) is 37.3 Å². The predicted molar refractivity (Wildman–Crippen MR) is 111 cm³/mol. The average Bonchev–Trinajstić information content (AvgIpc) is 2.69. The van der Waals surface area contributed by atoms with Gasteiger partial charge in [0, 0.05) is 30.3 Å². The van der Waals surface area contributed by atoms with Crippen molar-refractivity contribution in [1.29, 1.82) is 0 Å². The van der Waals surface area contributed by atoms with Gasteiger partial charge in [0.1, 0.15) is 0 Å². The summed E-state index contributed by atoms with van der Waals surface area (Å²) in [5, 5.41) is 10.9. The van der Waals surface area contributed by atoms with E-state index in [1.54, 1.807) is 0 Å². The molecule has 0 spiro atoms. The van der Waals surface area contributed by atoms with Gasteiger partial charge in [0.2, 0.25) is 5.91 Å². The topological polar surface area (TPSA) is 77.9 Å². The number of amides is 1. The van der Waals surface area contributed by atoms with Crippen LogP contribution in [0.15, 0.2) is 64.7 Å². The first-order chi connectivity index (χ1) is 13.2. The molecule has 27 heavy (non-hydrogen) atoms. The lowest BCUT2D eigenvalue weighted by Crippen LogP contribution is -2.33. The highest BCUT2D eigenvalue weighted by Crippen LogP contribution is 2.21. The first-order valence-electron chi connectivity index (χ1n) is 9.30. The molecule has 0 saturated heterocycles. The molecule has 0 aromatic heterocycles. The Morgan fingerprint density at radius 1 is 1.07 bits per heavy atom. The van der Waals surface area contributed by atoms with E-state index in [4.69, 9.17) is 0 Å². The maximum atomic E-state index is 11.5. The number of benzene rings is 2. The summed E-state index contributed by atoms with van der Waals surface area (Å²) in [6.07, 6.45) is 1.38. The molecule has 3 rings (SSSR count). The van der Waals surface area contributed by atoms with Crippen LogP contribution < -0.4 is 16.1 Å². The fourth-order valence-electron chi connectivity index (χ4n) is 3.01. The molecule has 1 unspecified atom stereocenters. The van der Waals surface area contributed by atoms with Gasteiger partial charge < -0.3 is 10.6 Å². The van der Waals surface area contributed by atoms with Gasteiger partial charge in [-0.15, -0.1) is 0 Å². The van der Waals surface area contributed by atoms with Crippen LogP contribution in [0, 0.1) is 5.92 Å². The Labute approximate surface area is 159 Å². The van der Waals surface area contributed by atoms with Crippen molar-refractivity contribution in [3.63, 3.8) is 0 Å². The molecule has 0 aliphatic carbocycles. The highest BCUT2D eigenvalue weighted by atomic mass is 16.2. The number of aliphatic imine (C=N–C) groups is 1. The number of hydrogen-bond donors (Lipinski definition) is 3. The van der Waals surface area contributed by atoms with E-state index in [9.17, 15) is 4.79 Å². The van der Waals surface area contributed by atoms with Crippen LogP contribution in [0.5, 0.6) is 0 Å². The zero-order valence-corrected chi connectivity index (χ0v) is 15.7. The van der Waals surface area contributed by atoms with E-state index in [0.29, 0.717) is 18.9 Å². The average molecular weight is 363 g/mol. The van der Waals surface area contributed by atoms with E-state index in [-0.39, 0.29) is 11.8 Å². The van der Waals surface area contributed by atoms with Gasteiger partial charge in [0.05, 0.1) is 5.71 Å². The third-order valence-corrected chi connectivity index (χ3v) is 4.41. The van der Waals surface area contributed by atoms with E-state index >= 15 is 0 Å². The van der Waals surface area contributed by atoms with Gasteiger partial charge in [0.15, 0.2) is 5.96 Å². The summed E-state index contributed by atoms with van der Waals surface area (Å²) in [6, 6.07) is 18.0. The molecule has 1 heterocycles. The number of carbonyl (C=O) groups excluding carboxylic acids is 1. The lowest BCUT2D eigenvalue weighted by Gasteiger charge is -2.21. The predicted octanol–water partition coefficient (Wildman–Crippen LogP) is 3.84. The second-order valence-electron chi connectivity index (χ2n) is 6.36. The summed E-state index contributed by atoms with van der Waals surface area (Å²) >= 11 is 0. The first kappa shape index (κ1) is 18.6. The Bertz CT molecular complexity index is 827. The lowest BCUT2D eigenvalue weighted by atomic mass is 9.90. The third kappa shape index (κ3) is 4.94. The van der Waals surface area contributed by atoms with Crippen LogP contribution in [-0.2, 0) is 4.79 Å². The molecule has 1 amide bonds. The van der Waals surface area contributed by atoms with Gasteiger partial charge in [-0.05, 0) is 43.2 Å². The molecule has 1 aliphatic heterocycles. The van der Waals surface area contributed by atoms with Gasteiger partial charge in [-0.2, -0.15) is 5.10 Å². The second kappa shape index (κ2) is 8.98. The number of carbonyl (C=O) groups is 1. The van der Waals surface area contributed by atoms with Gasteiger partial charge in [-0.3, -0.25) is 9.79 Å².